The minimum absolute atomic E-state index is 0.924. The van der Waals surface area contributed by atoms with Crippen LogP contribution in [0.5, 0.6) is 0 Å². The van der Waals surface area contributed by atoms with E-state index in [4.69, 9.17) is 4.98 Å². The Labute approximate surface area is 138 Å². The molecule has 0 saturated heterocycles. The van der Waals surface area contributed by atoms with Crippen molar-refractivity contribution in [3.8, 4) is 11.4 Å². The van der Waals surface area contributed by atoms with Gasteiger partial charge in [0.25, 0.3) is 0 Å². The van der Waals surface area contributed by atoms with Gasteiger partial charge in [0.1, 0.15) is 5.82 Å². The Balaban J connectivity index is 2.06. The lowest BCUT2D eigenvalue weighted by Crippen LogP contribution is -2.21. The molecule has 23 heavy (non-hydrogen) atoms. The zero-order valence-corrected chi connectivity index (χ0v) is 14.5. The molecule has 0 radical (unpaired) electrons. The minimum atomic E-state index is 0.924. The maximum absolute atomic E-state index is 4.86. The molecule has 1 heterocycles. The van der Waals surface area contributed by atoms with E-state index in [0.29, 0.717) is 0 Å². The maximum atomic E-state index is 4.86. The molecule has 0 unspecified atom stereocenters. The summed E-state index contributed by atoms with van der Waals surface area (Å²) in [5.41, 5.74) is 6.01. The highest BCUT2D eigenvalue weighted by molar-refractivity contribution is 5.81. The topological polar surface area (TPSA) is 21.1 Å². The molecular formula is C20H25N3. The number of fused-ring (bicyclic) bond motifs is 1. The quantitative estimate of drug-likeness (QED) is 0.670. The summed E-state index contributed by atoms with van der Waals surface area (Å²) in [4.78, 5) is 7.22. The highest BCUT2D eigenvalue weighted by Gasteiger charge is 2.12. The van der Waals surface area contributed by atoms with Crippen molar-refractivity contribution in [2.24, 2.45) is 0 Å². The van der Waals surface area contributed by atoms with Crippen molar-refractivity contribution in [2.45, 2.75) is 34.2 Å². The standard InChI is InChI=1S/C20H25N3/c1-5-22(6-2)17-11-9-16(10-12-17)20-21-18-13-8-15(4)14-19(18)23(20)7-3/h8-14H,5-7H2,1-4H3. The smallest absolute Gasteiger partial charge is 0.141 e. The van der Waals surface area contributed by atoms with Gasteiger partial charge in [0.05, 0.1) is 11.0 Å². The van der Waals surface area contributed by atoms with Crippen molar-refractivity contribution >= 4 is 16.7 Å². The summed E-state index contributed by atoms with van der Waals surface area (Å²) in [7, 11) is 0. The summed E-state index contributed by atoms with van der Waals surface area (Å²) in [6.45, 7) is 11.7. The van der Waals surface area contributed by atoms with Crippen LogP contribution in [0, 0.1) is 6.92 Å². The van der Waals surface area contributed by atoms with E-state index < -0.39 is 0 Å². The van der Waals surface area contributed by atoms with E-state index in [1.54, 1.807) is 0 Å². The molecule has 0 spiro atoms. The lowest BCUT2D eigenvalue weighted by molar-refractivity contribution is 0.796. The summed E-state index contributed by atoms with van der Waals surface area (Å²) in [6, 6.07) is 15.2. The number of hydrogen-bond donors (Lipinski definition) is 0. The van der Waals surface area contributed by atoms with Crippen LogP contribution < -0.4 is 4.90 Å². The molecule has 0 N–H and O–H groups in total. The van der Waals surface area contributed by atoms with Crippen LogP contribution in [0.25, 0.3) is 22.4 Å². The summed E-state index contributed by atoms with van der Waals surface area (Å²) in [6.07, 6.45) is 0. The Morgan fingerprint density at radius 2 is 1.65 bits per heavy atom. The molecule has 0 atom stereocenters. The maximum Gasteiger partial charge on any atom is 0.141 e. The third kappa shape index (κ3) is 2.83. The van der Waals surface area contributed by atoms with Gasteiger partial charge >= 0.3 is 0 Å². The van der Waals surface area contributed by atoms with Crippen LogP contribution in [0.15, 0.2) is 42.5 Å². The zero-order chi connectivity index (χ0) is 16.4. The van der Waals surface area contributed by atoms with Crippen molar-refractivity contribution in [1.82, 2.24) is 9.55 Å². The molecule has 0 saturated carbocycles. The minimum Gasteiger partial charge on any atom is -0.372 e. The molecular weight excluding hydrogens is 282 g/mol. The van der Waals surface area contributed by atoms with E-state index >= 15 is 0 Å². The molecule has 2 aromatic carbocycles. The van der Waals surface area contributed by atoms with E-state index in [2.05, 4.69) is 79.6 Å². The van der Waals surface area contributed by atoms with Gasteiger partial charge in [-0.15, -0.1) is 0 Å². The largest absolute Gasteiger partial charge is 0.372 e. The highest BCUT2D eigenvalue weighted by Crippen LogP contribution is 2.27. The van der Waals surface area contributed by atoms with Gasteiger partial charge in [-0.3, -0.25) is 0 Å². The zero-order valence-electron chi connectivity index (χ0n) is 14.5. The van der Waals surface area contributed by atoms with Crippen LogP contribution in [-0.2, 0) is 6.54 Å². The third-order valence-electron chi connectivity index (χ3n) is 4.47. The number of anilines is 1. The van der Waals surface area contributed by atoms with Crippen molar-refractivity contribution < 1.29 is 0 Å². The summed E-state index contributed by atoms with van der Waals surface area (Å²) < 4.78 is 2.30. The van der Waals surface area contributed by atoms with Crippen LogP contribution in [0.1, 0.15) is 26.3 Å². The predicted molar refractivity (Wildman–Crippen MR) is 99.1 cm³/mol. The molecule has 1 aromatic heterocycles. The van der Waals surface area contributed by atoms with Crippen LogP contribution in [0.2, 0.25) is 0 Å². The fourth-order valence-corrected chi connectivity index (χ4v) is 3.18. The number of benzene rings is 2. The number of aromatic nitrogens is 2. The van der Waals surface area contributed by atoms with E-state index in [-0.39, 0.29) is 0 Å². The van der Waals surface area contributed by atoms with E-state index in [9.17, 15) is 0 Å². The third-order valence-corrected chi connectivity index (χ3v) is 4.47. The second-order valence-corrected chi connectivity index (χ2v) is 5.89. The molecule has 0 fully saturated rings. The number of hydrogen-bond acceptors (Lipinski definition) is 2. The van der Waals surface area contributed by atoms with E-state index in [1.807, 2.05) is 0 Å². The molecule has 0 bridgehead atoms. The first-order valence-electron chi connectivity index (χ1n) is 8.50. The molecule has 120 valence electrons. The van der Waals surface area contributed by atoms with Gasteiger partial charge in [0.15, 0.2) is 0 Å². The monoisotopic (exact) mass is 307 g/mol. The Kier molecular flexibility index (Phi) is 4.37. The van der Waals surface area contributed by atoms with Crippen molar-refractivity contribution in [2.75, 3.05) is 18.0 Å². The first kappa shape index (κ1) is 15.6. The predicted octanol–water partition coefficient (Wildman–Crippen LogP) is 4.88. The first-order valence-corrected chi connectivity index (χ1v) is 8.50. The second-order valence-electron chi connectivity index (χ2n) is 5.89. The molecule has 3 heteroatoms. The first-order chi connectivity index (χ1) is 11.2. The molecule has 3 rings (SSSR count). The molecule has 0 aliphatic carbocycles. The fraction of sp³-hybridized carbons (Fsp3) is 0.350. The number of aryl methyl sites for hydroxylation is 2. The second kappa shape index (κ2) is 6.45. The van der Waals surface area contributed by atoms with Crippen LogP contribution in [0.3, 0.4) is 0 Å². The van der Waals surface area contributed by atoms with Gasteiger partial charge in [-0.1, -0.05) is 6.07 Å². The lowest BCUT2D eigenvalue weighted by Gasteiger charge is -2.21. The van der Waals surface area contributed by atoms with Crippen LogP contribution >= 0.6 is 0 Å². The fourth-order valence-electron chi connectivity index (χ4n) is 3.18. The number of rotatable bonds is 5. The van der Waals surface area contributed by atoms with Gasteiger partial charge in [-0.25, -0.2) is 4.98 Å². The molecule has 0 aliphatic heterocycles. The summed E-state index contributed by atoms with van der Waals surface area (Å²) in [5.74, 6) is 1.05. The Bertz CT molecular complexity index is 796. The number of nitrogens with zero attached hydrogens (tertiary/aromatic N) is 3. The summed E-state index contributed by atoms with van der Waals surface area (Å²) >= 11 is 0. The number of imidazole rings is 1. The van der Waals surface area contributed by atoms with Gasteiger partial charge in [0, 0.05) is 30.9 Å². The Hall–Kier alpha value is -2.29. The normalized spacial score (nSPS) is 11.1. The van der Waals surface area contributed by atoms with Crippen LogP contribution in [0.4, 0.5) is 5.69 Å². The van der Waals surface area contributed by atoms with Gasteiger partial charge in [0.2, 0.25) is 0 Å². The van der Waals surface area contributed by atoms with E-state index in [0.717, 1.165) is 31.0 Å². The van der Waals surface area contributed by atoms with Gasteiger partial charge in [-0.05, 0) is 69.7 Å². The van der Waals surface area contributed by atoms with E-state index in [1.165, 1.54) is 22.3 Å². The average Bonchev–Trinajstić information content (AvgIpc) is 2.94. The van der Waals surface area contributed by atoms with Gasteiger partial charge in [-0.2, -0.15) is 0 Å². The molecule has 3 nitrogen and oxygen atoms in total. The van der Waals surface area contributed by atoms with Gasteiger partial charge < -0.3 is 9.47 Å². The van der Waals surface area contributed by atoms with Crippen molar-refractivity contribution in [3.63, 3.8) is 0 Å². The Morgan fingerprint density at radius 3 is 2.26 bits per heavy atom. The molecule has 0 aliphatic rings. The molecule has 0 amide bonds. The highest BCUT2D eigenvalue weighted by atomic mass is 15.1. The Morgan fingerprint density at radius 1 is 0.957 bits per heavy atom. The van der Waals surface area contributed by atoms with Crippen molar-refractivity contribution in [1.29, 1.82) is 0 Å². The molecule has 3 aromatic rings. The van der Waals surface area contributed by atoms with Crippen LogP contribution in [-0.4, -0.2) is 22.6 Å². The summed E-state index contributed by atoms with van der Waals surface area (Å²) in [5, 5.41) is 0. The average molecular weight is 307 g/mol. The lowest BCUT2D eigenvalue weighted by atomic mass is 10.2. The SMILES string of the molecule is CCN(CC)c1ccc(-c2nc3ccc(C)cc3n2CC)cc1. The van der Waals surface area contributed by atoms with Crippen molar-refractivity contribution in [3.05, 3.63) is 48.0 Å².